The van der Waals surface area contributed by atoms with Crippen molar-refractivity contribution in [2.24, 2.45) is 0 Å². The van der Waals surface area contributed by atoms with Crippen LogP contribution in [0.25, 0.3) is 0 Å². The van der Waals surface area contributed by atoms with Crippen molar-refractivity contribution in [1.29, 1.82) is 0 Å². The summed E-state index contributed by atoms with van der Waals surface area (Å²) in [6.45, 7) is 0. The number of ketones is 3. The zero-order chi connectivity index (χ0) is 16.6. The number of Topliss-reactive ketones (excluding diaryl/α,β-unsaturated/α-hetero) is 3. The predicted octanol–water partition coefficient (Wildman–Crippen LogP) is 4.48. The van der Waals surface area contributed by atoms with Crippen LogP contribution in [0.15, 0.2) is 59.1 Å². The van der Waals surface area contributed by atoms with Gasteiger partial charge in [-0.25, -0.2) is 0 Å². The van der Waals surface area contributed by atoms with E-state index >= 15 is 0 Å². The number of hydrogen-bond donors (Lipinski definition) is 0. The summed E-state index contributed by atoms with van der Waals surface area (Å²) in [4.78, 5) is 37.1. The van der Waals surface area contributed by atoms with Crippen molar-refractivity contribution in [2.75, 3.05) is 0 Å². The van der Waals surface area contributed by atoms with Gasteiger partial charge < -0.3 is 0 Å². The predicted molar refractivity (Wildman–Crippen MR) is 88.4 cm³/mol. The van der Waals surface area contributed by atoms with Crippen LogP contribution in [-0.2, 0) is 0 Å². The fraction of sp³-hybridized carbons (Fsp3) is 0.0556. The average Bonchev–Trinajstić information content (AvgIpc) is 2.57. The van der Waals surface area contributed by atoms with Gasteiger partial charge in [-0.2, -0.15) is 0 Å². The summed E-state index contributed by atoms with van der Waals surface area (Å²) >= 11 is 11.8. The third kappa shape index (κ3) is 2.85. The van der Waals surface area contributed by atoms with Crippen molar-refractivity contribution in [3.05, 3.63) is 80.8 Å². The lowest BCUT2D eigenvalue weighted by atomic mass is 9.86. The van der Waals surface area contributed by atoms with Crippen molar-refractivity contribution in [2.45, 2.75) is 6.42 Å². The number of allylic oxidation sites excluding steroid dienone is 2. The highest BCUT2D eigenvalue weighted by Gasteiger charge is 2.32. The van der Waals surface area contributed by atoms with Crippen LogP contribution in [0.5, 0.6) is 0 Å². The number of hydrogen-bond acceptors (Lipinski definition) is 3. The molecule has 0 heterocycles. The normalized spacial score (nSPS) is 14.0. The first kappa shape index (κ1) is 15.7. The highest BCUT2D eigenvalue weighted by atomic mass is 35.5. The molecule has 114 valence electrons. The molecule has 0 aliphatic heterocycles. The monoisotopic (exact) mass is 344 g/mol. The van der Waals surface area contributed by atoms with Crippen LogP contribution in [-0.4, -0.2) is 17.3 Å². The summed E-state index contributed by atoms with van der Waals surface area (Å²) in [6, 6.07) is 12.8. The summed E-state index contributed by atoms with van der Waals surface area (Å²) in [6.07, 6.45) is -0.223. The molecule has 0 aromatic heterocycles. The van der Waals surface area contributed by atoms with Gasteiger partial charge in [0, 0.05) is 33.7 Å². The number of carbonyl (C=O) groups is 3. The summed E-state index contributed by atoms with van der Waals surface area (Å²) in [5.41, 5.74) is 0.992. The van der Waals surface area contributed by atoms with Crippen LogP contribution in [0.3, 0.4) is 0 Å². The Bertz CT molecular complexity index is 864. The lowest BCUT2D eigenvalue weighted by Crippen LogP contribution is -2.21. The summed E-state index contributed by atoms with van der Waals surface area (Å²) in [7, 11) is 0. The van der Waals surface area contributed by atoms with Crippen LogP contribution in [0.2, 0.25) is 5.02 Å². The van der Waals surface area contributed by atoms with Crippen LogP contribution < -0.4 is 0 Å². The van der Waals surface area contributed by atoms with E-state index in [0.717, 1.165) is 0 Å². The van der Waals surface area contributed by atoms with E-state index in [1.165, 1.54) is 0 Å². The van der Waals surface area contributed by atoms with Crippen molar-refractivity contribution < 1.29 is 14.4 Å². The Balaban J connectivity index is 1.95. The molecule has 1 aliphatic rings. The number of halogens is 2. The van der Waals surface area contributed by atoms with Gasteiger partial charge in [-0.1, -0.05) is 47.5 Å². The molecule has 5 heteroatoms. The first-order valence-electron chi connectivity index (χ1n) is 6.85. The van der Waals surface area contributed by atoms with E-state index in [-0.39, 0.29) is 39.7 Å². The van der Waals surface area contributed by atoms with Crippen LogP contribution in [0.4, 0.5) is 0 Å². The molecule has 0 atom stereocenters. The molecule has 0 amide bonds. The Kier molecular flexibility index (Phi) is 4.16. The maximum absolute atomic E-state index is 12.5. The molecule has 0 saturated carbocycles. The Hall–Kier alpha value is -2.23. The van der Waals surface area contributed by atoms with E-state index in [1.807, 2.05) is 0 Å². The second-order valence-corrected chi connectivity index (χ2v) is 5.92. The Labute approximate surface area is 142 Å². The van der Waals surface area contributed by atoms with E-state index < -0.39 is 5.78 Å². The maximum Gasteiger partial charge on any atom is 0.205 e. The first-order chi connectivity index (χ1) is 11.0. The lowest BCUT2D eigenvalue weighted by Gasteiger charge is -2.17. The molecule has 2 aromatic rings. The first-order valence-corrected chi connectivity index (χ1v) is 7.60. The molecule has 2 aromatic carbocycles. The van der Waals surface area contributed by atoms with Gasteiger partial charge >= 0.3 is 0 Å². The second-order valence-electron chi connectivity index (χ2n) is 5.10. The van der Waals surface area contributed by atoms with E-state index in [2.05, 4.69) is 0 Å². The molecule has 23 heavy (non-hydrogen) atoms. The molecule has 0 radical (unpaired) electrons. The van der Waals surface area contributed by atoms with Gasteiger partial charge in [0.25, 0.3) is 0 Å². The highest BCUT2D eigenvalue weighted by Crippen LogP contribution is 2.31. The fourth-order valence-electron chi connectivity index (χ4n) is 2.45. The van der Waals surface area contributed by atoms with E-state index in [0.29, 0.717) is 10.6 Å². The molecular formula is C18H10Cl2O3. The van der Waals surface area contributed by atoms with Crippen LogP contribution in [0, 0.1) is 0 Å². The molecule has 3 nitrogen and oxygen atoms in total. The topological polar surface area (TPSA) is 51.2 Å². The zero-order valence-corrected chi connectivity index (χ0v) is 13.3. The quantitative estimate of drug-likeness (QED) is 0.771. The highest BCUT2D eigenvalue weighted by molar-refractivity contribution is 6.50. The SMILES string of the molecule is O=C(CC1=C(Cl)C(=O)c2ccccc2C1=O)c1ccc(Cl)cc1. The summed E-state index contributed by atoms with van der Waals surface area (Å²) in [5, 5.41) is 0.327. The molecule has 0 spiro atoms. The minimum Gasteiger partial charge on any atom is -0.294 e. The van der Waals surface area contributed by atoms with Crippen LogP contribution >= 0.6 is 23.2 Å². The van der Waals surface area contributed by atoms with Gasteiger partial charge in [0.1, 0.15) is 0 Å². The Morgan fingerprint density at radius 3 is 2.00 bits per heavy atom. The number of carbonyl (C=O) groups excluding carboxylic acids is 3. The van der Waals surface area contributed by atoms with Crippen molar-refractivity contribution in [3.8, 4) is 0 Å². The van der Waals surface area contributed by atoms with Crippen molar-refractivity contribution >= 4 is 40.6 Å². The van der Waals surface area contributed by atoms with E-state index in [1.54, 1.807) is 48.5 Å². The molecule has 3 rings (SSSR count). The van der Waals surface area contributed by atoms with E-state index in [4.69, 9.17) is 23.2 Å². The molecule has 0 fully saturated rings. The minimum atomic E-state index is -0.430. The Morgan fingerprint density at radius 1 is 0.826 bits per heavy atom. The fourth-order valence-corrected chi connectivity index (χ4v) is 2.83. The molecule has 1 aliphatic carbocycles. The third-order valence-electron chi connectivity index (χ3n) is 3.66. The third-order valence-corrected chi connectivity index (χ3v) is 4.31. The summed E-state index contributed by atoms with van der Waals surface area (Å²) in [5.74, 6) is -1.11. The zero-order valence-electron chi connectivity index (χ0n) is 11.8. The smallest absolute Gasteiger partial charge is 0.205 e. The van der Waals surface area contributed by atoms with Gasteiger partial charge in [0.2, 0.25) is 5.78 Å². The second kappa shape index (κ2) is 6.11. The van der Waals surface area contributed by atoms with E-state index in [9.17, 15) is 14.4 Å². The number of fused-ring (bicyclic) bond motifs is 1. The standard InChI is InChI=1S/C18H10Cl2O3/c19-11-7-5-10(6-8-11)15(21)9-14-16(20)18(23)13-4-2-1-3-12(13)17(14)22/h1-8H,9H2. The van der Waals surface area contributed by atoms with Gasteiger partial charge in [0.05, 0.1) is 5.03 Å². The minimum absolute atomic E-state index is 0.0373. The number of rotatable bonds is 3. The molecule has 0 unspecified atom stereocenters. The van der Waals surface area contributed by atoms with Gasteiger partial charge in [-0.3, -0.25) is 14.4 Å². The molecule has 0 saturated heterocycles. The lowest BCUT2D eigenvalue weighted by molar-refractivity contribution is 0.0946. The van der Waals surface area contributed by atoms with Crippen molar-refractivity contribution in [1.82, 2.24) is 0 Å². The van der Waals surface area contributed by atoms with Crippen molar-refractivity contribution in [3.63, 3.8) is 0 Å². The largest absolute Gasteiger partial charge is 0.294 e. The Morgan fingerprint density at radius 2 is 1.39 bits per heavy atom. The maximum atomic E-state index is 12.5. The van der Waals surface area contributed by atoms with Gasteiger partial charge in [0.15, 0.2) is 11.6 Å². The average molecular weight is 345 g/mol. The molecular weight excluding hydrogens is 335 g/mol. The molecule has 0 bridgehead atoms. The van der Waals surface area contributed by atoms with Gasteiger partial charge in [-0.15, -0.1) is 0 Å². The molecule has 0 N–H and O–H groups in total. The number of benzene rings is 2. The summed E-state index contributed by atoms with van der Waals surface area (Å²) < 4.78 is 0. The van der Waals surface area contributed by atoms with Crippen LogP contribution in [0.1, 0.15) is 37.5 Å². The van der Waals surface area contributed by atoms with Gasteiger partial charge in [-0.05, 0) is 24.3 Å².